The normalized spacial score (nSPS) is 27.0. The first kappa shape index (κ1) is 12.8. The van der Waals surface area contributed by atoms with Gasteiger partial charge in [0.25, 0.3) is 0 Å². The second kappa shape index (κ2) is 5.06. The Balaban J connectivity index is 1.70. The highest BCUT2D eigenvalue weighted by atomic mass is 32.1. The molecule has 1 aromatic rings. The summed E-state index contributed by atoms with van der Waals surface area (Å²) in [6, 6.07) is 0.750. The molecule has 3 heterocycles. The first-order chi connectivity index (χ1) is 9.19. The van der Waals surface area contributed by atoms with E-state index in [9.17, 15) is 4.79 Å². The van der Waals surface area contributed by atoms with E-state index in [1.807, 2.05) is 17.9 Å². The number of amides is 1. The molecule has 2 aliphatic heterocycles. The van der Waals surface area contributed by atoms with Gasteiger partial charge in [0.2, 0.25) is 5.91 Å². The standard InChI is InChI=1S/C14H19N3OS/c1-3-5-17-12-4-6-16(13(12)7-14(17)18)8-11-9-19-10(2)15-11/h3,9,12-13H,1,4-8H2,2H3/t12-,13+/m1/s1. The molecule has 0 saturated carbocycles. The van der Waals surface area contributed by atoms with Crippen LogP contribution in [0.25, 0.3) is 0 Å². The van der Waals surface area contributed by atoms with Gasteiger partial charge in [-0.3, -0.25) is 9.69 Å². The van der Waals surface area contributed by atoms with Crippen LogP contribution < -0.4 is 0 Å². The molecule has 1 aromatic heterocycles. The zero-order valence-corrected chi connectivity index (χ0v) is 12.0. The van der Waals surface area contributed by atoms with Gasteiger partial charge in [0.15, 0.2) is 0 Å². The van der Waals surface area contributed by atoms with Crippen LogP contribution in [0, 0.1) is 6.92 Å². The van der Waals surface area contributed by atoms with Crippen LogP contribution in [0.2, 0.25) is 0 Å². The highest BCUT2D eigenvalue weighted by Crippen LogP contribution is 2.33. The summed E-state index contributed by atoms with van der Waals surface area (Å²) in [5.41, 5.74) is 1.14. The monoisotopic (exact) mass is 277 g/mol. The molecule has 1 amide bonds. The summed E-state index contributed by atoms with van der Waals surface area (Å²) in [7, 11) is 0. The third kappa shape index (κ3) is 2.32. The molecule has 4 nitrogen and oxygen atoms in total. The van der Waals surface area contributed by atoms with Crippen molar-refractivity contribution in [3.05, 3.63) is 28.7 Å². The lowest BCUT2D eigenvalue weighted by Gasteiger charge is -2.24. The molecule has 0 spiro atoms. The summed E-state index contributed by atoms with van der Waals surface area (Å²) in [6.07, 6.45) is 3.56. The van der Waals surface area contributed by atoms with Gasteiger partial charge in [0.05, 0.1) is 10.7 Å². The molecule has 0 unspecified atom stereocenters. The summed E-state index contributed by atoms with van der Waals surface area (Å²) >= 11 is 1.69. The first-order valence-corrected chi connectivity index (χ1v) is 7.62. The van der Waals surface area contributed by atoms with Crippen molar-refractivity contribution in [2.45, 2.75) is 38.4 Å². The highest BCUT2D eigenvalue weighted by molar-refractivity contribution is 7.09. The Kier molecular flexibility index (Phi) is 3.41. The van der Waals surface area contributed by atoms with Crippen LogP contribution in [-0.4, -0.2) is 45.9 Å². The first-order valence-electron chi connectivity index (χ1n) is 6.74. The Labute approximate surface area is 117 Å². The number of hydrogen-bond acceptors (Lipinski definition) is 4. The second-order valence-electron chi connectivity index (χ2n) is 5.29. The van der Waals surface area contributed by atoms with Crippen molar-refractivity contribution in [3.8, 4) is 0 Å². The van der Waals surface area contributed by atoms with Crippen LogP contribution in [0.3, 0.4) is 0 Å². The van der Waals surface area contributed by atoms with Gasteiger partial charge in [0, 0.05) is 43.5 Å². The second-order valence-corrected chi connectivity index (χ2v) is 6.35. The molecule has 0 aliphatic carbocycles. The molecular formula is C14H19N3OS. The predicted molar refractivity (Wildman–Crippen MR) is 76.0 cm³/mol. The van der Waals surface area contributed by atoms with Gasteiger partial charge in [-0.15, -0.1) is 17.9 Å². The van der Waals surface area contributed by atoms with Crippen LogP contribution in [0.4, 0.5) is 0 Å². The highest BCUT2D eigenvalue weighted by Gasteiger charge is 2.46. The topological polar surface area (TPSA) is 36.4 Å². The van der Waals surface area contributed by atoms with E-state index >= 15 is 0 Å². The molecule has 5 heteroatoms. The Morgan fingerprint density at radius 1 is 1.58 bits per heavy atom. The zero-order valence-electron chi connectivity index (χ0n) is 11.2. The van der Waals surface area contributed by atoms with Crippen LogP contribution >= 0.6 is 11.3 Å². The molecule has 3 rings (SSSR count). The molecule has 0 bridgehead atoms. The van der Waals surface area contributed by atoms with Crippen molar-refractivity contribution in [1.29, 1.82) is 0 Å². The molecule has 2 saturated heterocycles. The largest absolute Gasteiger partial charge is 0.334 e. The van der Waals surface area contributed by atoms with Crippen molar-refractivity contribution in [1.82, 2.24) is 14.8 Å². The van der Waals surface area contributed by atoms with Gasteiger partial charge in [-0.25, -0.2) is 4.98 Å². The van der Waals surface area contributed by atoms with Crippen molar-refractivity contribution < 1.29 is 4.79 Å². The lowest BCUT2D eigenvalue weighted by molar-refractivity contribution is -0.128. The molecule has 102 valence electrons. The number of rotatable bonds is 4. The number of aryl methyl sites for hydroxylation is 1. The SMILES string of the molecule is C=CCN1C(=O)C[C@H]2[C@H]1CCN2Cc1csc(C)n1. The van der Waals surface area contributed by atoms with Gasteiger partial charge in [0.1, 0.15) is 0 Å². The Bertz CT molecular complexity index is 499. The van der Waals surface area contributed by atoms with E-state index in [-0.39, 0.29) is 5.91 Å². The maximum Gasteiger partial charge on any atom is 0.224 e. The van der Waals surface area contributed by atoms with Gasteiger partial charge >= 0.3 is 0 Å². The predicted octanol–water partition coefficient (Wildman–Crippen LogP) is 1.81. The number of fused-ring (bicyclic) bond motifs is 1. The number of thiazole rings is 1. The van der Waals surface area contributed by atoms with Crippen molar-refractivity contribution >= 4 is 17.2 Å². The fraction of sp³-hybridized carbons (Fsp3) is 0.571. The van der Waals surface area contributed by atoms with Crippen LogP contribution in [-0.2, 0) is 11.3 Å². The van der Waals surface area contributed by atoms with E-state index in [1.165, 1.54) is 0 Å². The number of aromatic nitrogens is 1. The fourth-order valence-electron chi connectivity index (χ4n) is 3.27. The third-order valence-corrected chi connectivity index (χ3v) is 4.91. The molecule has 19 heavy (non-hydrogen) atoms. The van der Waals surface area contributed by atoms with Gasteiger partial charge in [-0.2, -0.15) is 0 Å². The van der Waals surface area contributed by atoms with Crippen molar-refractivity contribution in [3.63, 3.8) is 0 Å². The number of carbonyl (C=O) groups excluding carboxylic acids is 1. The molecule has 2 aliphatic rings. The summed E-state index contributed by atoms with van der Waals surface area (Å²) in [5.74, 6) is 0.272. The van der Waals surface area contributed by atoms with E-state index in [1.54, 1.807) is 11.3 Å². The quantitative estimate of drug-likeness (QED) is 0.788. The van der Waals surface area contributed by atoms with Crippen LogP contribution in [0.1, 0.15) is 23.5 Å². The van der Waals surface area contributed by atoms with Gasteiger partial charge in [-0.1, -0.05) is 6.08 Å². The zero-order chi connectivity index (χ0) is 13.4. The van der Waals surface area contributed by atoms with Crippen molar-refractivity contribution in [2.24, 2.45) is 0 Å². The molecular weight excluding hydrogens is 258 g/mol. The van der Waals surface area contributed by atoms with E-state index < -0.39 is 0 Å². The minimum Gasteiger partial charge on any atom is -0.334 e. The van der Waals surface area contributed by atoms with Gasteiger partial charge < -0.3 is 4.90 Å². The molecule has 2 atom stereocenters. The lowest BCUT2D eigenvalue weighted by atomic mass is 10.1. The summed E-state index contributed by atoms with van der Waals surface area (Å²) in [4.78, 5) is 20.9. The van der Waals surface area contributed by atoms with E-state index in [0.717, 1.165) is 30.2 Å². The molecule has 0 N–H and O–H groups in total. The molecule has 2 fully saturated rings. The van der Waals surface area contributed by atoms with E-state index in [4.69, 9.17) is 0 Å². The Morgan fingerprint density at radius 3 is 3.11 bits per heavy atom. The summed E-state index contributed by atoms with van der Waals surface area (Å²) < 4.78 is 0. The van der Waals surface area contributed by atoms with Crippen LogP contribution in [0.5, 0.6) is 0 Å². The fourth-order valence-corrected chi connectivity index (χ4v) is 3.87. The molecule has 0 aromatic carbocycles. The molecule has 0 radical (unpaired) electrons. The number of nitrogens with zero attached hydrogens (tertiary/aromatic N) is 3. The van der Waals surface area contributed by atoms with E-state index in [0.29, 0.717) is 25.0 Å². The van der Waals surface area contributed by atoms with E-state index in [2.05, 4.69) is 21.8 Å². The number of likely N-dealkylation sites (tertiary alicyclic amines) is 2. The average Bonchev–Trinajstić information content (AvgIpc) is 3.02. The Hall–Kier alpha value is -1.20. The average molecular weight is 277 g/mol. The maximum absolute atomic E-state index is 12.0. The minimum atomic E-state index is 0.272. The minimum absolute atomic E-state index is 0.272. The Morgan fingerprint density at radius 2 is 2.42 bits per heavy atom. The summed E-state index contributed by atoms with van der Waals surface area (Å²) in [6.45, 7) is 8.40. The maximum atomic E-state index is 12.0. The lowest BCUT2D eigenvalue weighted by Crippen LogP contribution is -2.37. The number of carbonyl (C=O) groups is 1. The van der Waals surface area contributed by atoms with Gasteiger partial charge in [-0.05, 0) is 13.3 Å². The van der Waals surface area contributed by atoms with Crippen LogP contribution in [0.15, 0.2) is 18.0 Å². The number of hydrogen-bond donors (Lipinski definition) is 0. The summed E-state index contributed by atoms with van der Waals surface area (Å²) in [5, 5.41) is 3.24. The smallest absolute Gasteiger partial charge is 0.224 e. The van der Waals surface area contributed by atoms with Crippen molar-refractivity contribution in [2.75, 3.05) is 13.1 Å². The third-order valence-electron chi connectivity index (χ3n) is 4.09.